The Morgan fingerprint density at radius 3 is 2.77 bits per heavy atom. The number of hydrogen-bond acceptors (Lipinski definition) is 3. The molecular weight excluding hydrogens is 326 g/mol. The van der Waals surface area contributed by atoms with Crippen LogP contribution in [0.5, 0.6) is 0 Å². The molecule has 144 valence electrons. The summed E-state index contributed by atoms with van der Waals surface area (Å²) in [5.41, 5.74) is 2.68. The van der Waals surface area contributed by atoms with E-state index in [9.17, 15) is 0 Å². The molecule has 5 heteroatoms. The monoisotopic (exact) mass is 359 g/mol. The SMILES string of the molecule is CN=C(NCC(C)(C)c1cccc(C)c1)N1CCOC(C2CCCO2)C1. The van der Waals surface area contributed by atoms with Crippen molar-refractivity contribution >= 4 is 5.96 Å². The number of nitrogens with zero attached hydrogens (tertiary/aromatic N) is 2. The van der Waals surface area contributed by atoms with Gasteiger partial charge in [0.25, 0.3) is 0 Å². The molecule has 0 bridgehead atoms. The zero-order valence-corrected chi connectivity index (χ0v) is 16.6. The van der Waals surface area contributed by atoms with Gasteiger partial charge in [-0.3, -0.25) is 4.99 Å². The van der Waals surface area contributed by atoms with E-state index in [1.807, 2.05) is 7.05 Å². The standard InChI is InChI=1S/C21H33N3O2/c1-16-7-5-8-17(13-16)21(2,3)15-23-20(22-4)24-10-12-26-19(14-24)18-9-6-11-25-18/h5,7-8,13,18-19H,6,9-12,14-15H2,1-4H3,(H,22,23). The summed E-state index contributed by atoms with van der Waals surface area (Å²) in [6.45, 7) is 10.8. The number of nitrogens with one attached hydrogen (secondary N) is 1. The Morgan fingerprint density at radius 1 is 1.27 bits per heavy atom. The van der Waals surface area contributed by atoms with Crippen LogP contribution in [0.3, 0.4) is 0 Å². The van der Waals surface area contributed by atoms with Gasteiger partial charge in [-0.1, -0.05) is 43.7 Å². The molecular formula is C21H33N3O2. The first-order valence-electron chi connectivity index (χ1n) is 9.75. The zero-order valence-electron chi connectivity index (χ0n) is 16.6. The lowest BCUT2D eigenvalue weighted by molar-refractivity contribution is -0.0817. The molecule has 3 rings (SSSR count). The molecule has 2 aliphatic rings. The van der Waals surface area contributed by atoms with Gasteiger partial charge in [0, 0.05) is 38.7 Å². The van der Waals surface area contributed by atoms with Crippen molar-refractivity contribution in [3.63, 3.8) is 0 Å². The molecule has 5 nitrogen and oxygen atoms in total. The minimum Gasteiger partial charge on any atom is -0.375 e. The van der Waals surface area contributed by atoms with Crippen molar-refractivity contribution in [3.8, 4) is 0 Å². The molecule has 2 heterocycles. The van der Waals surface area contributed by atoms with Crippen LogP contribution in [0, 0.1) is 6.92 Å². The van der Waals surface area contributed by atoms with Crippen LogP contribution in [0.4, 0.5) is 0 Å². The highest BCUT2D eigenvalue weighted by Gasteiger charge is 2.32. The van der Waals surface area contributed by atoms with Crippen molar-refractivity contribution in [3.05, 3.63) is 35.4 Å². The second-order valence-electron chi connectivity index (χ2n) is 8.06. The maximum atomic E-state index is 5.97. The van der Waals surface area contributed by atoms with E-state index in [0.29, 0.717) is 0 Å². The molecule has 1 aromatic rings. The lowest BCUT2D eigenvalue weighted by Gasteiger charge is -2.38. The van der Waals surface area contributed by atoms with E-state index in [0.717, 1.165) is 51.6 Å². The molecule has 0 radical (unpaired) electrons. The summed E-state index contributed by atoms with van der Waals surface area (Å²) in [7, 11) is 1.86. The largest absolute Gasteiger partial charge is 0.375 e. The quantitative estimate of drug-likeness (QED) is 0.663. The van der Waals surface area contributed by atoms with Gasteiger partial charge in [0.1, 0.15) is 6.10 Å². The average molecular weight is 360 g/mol. The number of rotatable bonds is 4. The van der Waals surface area contributed by atoms with Crippen molar-refractivity contribution < 1.29 is 9.47 Å². The normalized spacial score (nSPS) is 24.8. The summed E-state index contributed by atoms with van der Waals surface area (Å²) in [5.74, 6) is 0.956. The van der Waals surface area contributed by atoms with E-state index >= 15 is 0 Å². The van der Waals surface area contributed by atoms with Crippen LogP contribution in [-0.4, -0.2) is 63.0 Å². The van der Waals surface area contributed by atoms with Gasteiger partial charge < -0.3 is 19.7 Å². The Bertz CT molecular complexity index is 623. The molecule has 26 heavy (non-hydrogen) atoms. The number of ether oxygens (including phenoxy) is 2. The molecule has 0 aromatic heterocycles. The summed E-state index contributed by atoms with van der Waals surface area (Å²) < 4.78 is 11.8. The Morgan fingerprint density at radius 2 is 2.08 bits per heavy atom. The van der Waals surface area contributed by atoms with Gasteiger partial charge in [0.05, 0.1) is 12.7 Å². The summed E-state index contributed by atoms with van der Waals surface area (Å²) >= 11 is 0. The van der Waals surface area contributed by atoms with Gasteiger partial charge in [-0.05, 0) is 25.3 Å². The highest BCUT2D eigenvalue weighted by Crippen LogP contribution is 2.24. The molecule has 2 unspecified atom stereocenters. The number of aliphatic imine (C=N–C) groups is 1. The van der Waals surface area contributed by atoms with Crippen molar-refractivity contribution in [2.75, 3.05) is 39.9 Å². The second kappa shape index (κ2) is 8.40. The predicted molar refractivity (Wildman–Crippen MR) is 106 cm³/mol. The molecule has 2 fully saturated rings. The van der Waals surface area contributed by atoms with Crippen LogP contribution in [-0.2, 0) is 14.9 Å². The summed E-state index contributed by atoms with van der Waals surface area (Å²) in [4.78, 5) is 6.83. The Kier molecular flexibility index (Phi) is 6.20. The molecule has 0 saturated carbocycles. The molecule has 1 N–H and O–H groups in total. The van der Waals surface area contributed by atoms with E-state index in [2.05, 4.69) is 60.2 Å². The molecule has 2 atom stereocenters. The van der Waals surface area contributed by atoms with Crippen molar-refractivity contribution in [2.45, 2.75) is 51.2 Å². The van der Waals surface area contributed by atoms with E-state index < -0.39 is 0 Å². The summed E-state index contributed by atoms with van der Waals surface area (Å²) in [5, 5.41) is 3.59. The minimum absolute atomic E-state index is 0.0300. The molecule has 2 saturated heterocycles. The molecule has 2 aliphatic heterocycles. The Hall–Kier alpha value is -1.59. The Labute approximate surface area is 157 Å². The van der Waals surface area contributed by atoms with Gasteiger partial charge in [-0.25, -0.2) is 0 Å². The lowest BCUT2D eigenvalue weighted by atomic mass is 9.84. The van der Waals surface area contributed by atoms with Crippen LogP contribution >= 0.6 is 0 Å². The smallest absolute Gasteiger partial charge is 0.193 e. The van der Waals surface area contributed by atoms with Crippen molar-refractivity contribution in [1.82, 2.24) is 10.2 Å². The number of aryl methyl sites for hydroxylation is 1. The number of hydrogen-bond donors (Lipinski definition) is 1. The molecule has 1 aromatic carbocycles. The van der Waals surface area contributed by atoms with E-state index in [4.69, 9.17) is 9.47 Å². The molecule has 0 spiro atoms. The zero-order chi connectivity index (χ0) is 18.6. The highest BCUT2D eigenvalue weighted by molar-refractivity contribution is 5.80. The van der Waals surface area contributed by atoms with Crippen LogP contribution in [0.1, 0.15) is 37.8 Å². The van der Waals surface area contributed by atoms with Crippen molar-refractivity contribution in [2.24, 2.45) is 4.99 Å². The third-order valence-electron chi connectivity index (χ3n) is 5.47. The van der Waals surface area contributed by atoms with Crippen LogP contribution in [0.15, 0.2) is 29.3 Å². The fourth-order valence-corrected chi connectivity index (χ4v) is 3.79. The van der Waals surface area contributed by atoms with E-state index in [1.165, 1.54) is 11.1 Å². The fraction of sp³-hybridized carbons (Fsp3) is 0.667. The maximum Gasteiger partial charge on any atom is 0.193 e. The predicted octanol–water partition coefficient (Wildman–Crippen LogP) is 2.73. The lowest BCUT2D eigenvalue weighted by Crippen LogP contribution is -2.54. The maximum absolute atomic E-state index is 5.97. The number of morpholine rings is 1. The second-order valence-corrected chi connectivity index (χ2v) is 8.06. The third kappa shape index (κ3) is 4.57. The van der Waals surface area contributed by atoms with Crippen LogP contribution in [0.2, 0.25) is 0 Å². The average Bonchev–Trinajstić information content (AvgIpc) is 3.17. The highest BCUT2D eigenvalue weighted by atomic mass is 16.5. The molecule has 0 amide bonds. The number of guanidine groups is 1. The topological polar surface area (TPSA) is 46.1 Å². The van der Waals surface area contributed by atoms with Gasteiger partial charge in [0.2, 0.25) is 0 Å². The van der Waals surface area contributed by atoms with Gasteiger partial charge >= 0.3 is 0 Å². The summed E-state index contributed by atoms with van der Waals surface area (Å²) in [6.07, 6.45) is 2.63. The van der Waals surface area contributed by atoms with Gasteiger partial charge in [-0.15, -0.1) is 0 Å². The first kappa shape index (κ1) is 19.2. The van der Waals surface area contributed by atoms with Gasteiger partial charge in [0.15, 0.2) is 5.96 Å². The van der Waals surface area contributed by atoms with Crippen LogP contribution in [0.25, 0.3) is 0 Å². The molecule has 0 aliphatic carbocycles. The number of benzene rings is 1. The van der Waals surface area contributed by atoms with Gasteiger partial charge in [-0.2, -0.15) is 0 Å². The third-order valence-corrected chi connectivity index (χ3v) is 5.47. The first-order valence-corrected chi connectivity index (χ1v) is 9.75. The van der Waals surface area contributed by atoms with Crippen molar-refractivity contribution in [1.29, 1.82) is 0 Å². The fourth-order valence-electron chi connectivity index (χ4n) is 3.79. The minimum atomic E-state index is 0.0300. The summed E-state index contributed by atoms with van der Waals surface area (Å²) in [6, 6.07) is 8.76. The first-order chi connectivity index (χ1) is 12.5. The van der Waals surface area contributed by atoms with Crippen LogP contribution < -0.4 is 5.32 Å². The van der Waals surface area contributed by atoms with E-state index in [1.54, 1.807) is 0 Å². The Balaban J connectivity index is 1.60. The van der Waals surface area contributed by atoms with E-state index in [-0.39, 0.29) is 17.6 Å².